The van der Waals surface area contributed by atoms with Crippen LogP contribution in [0.4, 0.5) is 0 Å². The van der Waals surface area contributed by atoms with Gasteiger partial charge in [0.2, 0.25) is 0 Å². The summed E-state index contributed by atoms with van der Waals surface area (Å²) in [6.07, 6.45) is 1.24. The van der Waals surface area contributed by atoms with Gasteiger partial charge in [0, 0.05) is 6.61 Å². The van der Waals surface area contributed by atoms with Crippen LogP contribution in [0.1, 0.15) is 34.1 Å². The largest absolute Gasteiger partial charge is 0.375 e. The minimum absolute atomic E-state index is 0.133. The van der Waals surface area contributed by atoms with Crippen LogP contribution in [0.15, 0.2) is 0 Å². The standard InChI is InChI=1S/C9H18O/c1-7(2)8-5-6-10-9(8,3)4/h7-8H,5-6H2,1-4H3. The van der Waals surface area contributed by atoms with E-state index in [2.05, 4.69) is 27.7 Å². The molecule has 0 bridgehead atoms. The Kier molecular flexibility index (Phi) is 2.04. The van der Waals surface area contributed by atoms with Crippen LogP contribution in [0.25, 0.3) is 0 Å². The van der Waals surface area contributed by atoms with Crippen molar-refractivity contribution >= 4 is 0 Å². The summed E-state index contributed by atoms with van der Waals surface area (Å²) in [6, 6.07) is 0. The summed E-state index contributed by atoms with van der Waals surface area (Å²) in [5.41, 5.74) is 0.133. The molecule has 1 heterocycles. The molecule has 0 N–H and O–H groups in total. The van der Waals surface area contributed by atoms with E-state index in [4.69, 9.17) is 4.74 Å². The van der Waals surface area contributed by atoms with E-state index in [9.17, 15) is 0 Å². The summed E-state index contributed by atoms with van der Waals surface area (Å²) >= 11 is 0. The van der Waals surface area contributed by atoms with Crippen LogP contribution in [0, 0.1) is 11.8 Å². The molecule has 1 fully saturated rings. The third-order valence-electron chi connectivity index (χ3n) is 2.60. The van der Waals surface area contributed by atoms with Crippen LogP contribution in [0.3, 0.4) is 0 Å². The quantitative estimate of drug-likeness (QED) is 0.546. The Morgan fingerprint density at radius 2 is 2.00 bits per heavy atom. The molecule has 0 saturated carbocycles. The van der Waals surface area contributed by atoms with Crippen LogP contribution < -0.4 is 0 Å². The maximum atomic E-state index is 5.61. The number of hydrogen-bond donors (Lipinski definition) is 0. The Balaban J connectivity index is 2.59. The smallest absolute Gasteiger partial charge is 0.0657 e. The average molecular weight is 142 g/mol. The molecule has 1 heteroatoms. The van der Waals surface area contributed by atoms with Gasteiger partial charge < -0.3 is 4.74 Å². The van der Waals surface area contributed by atoms with Crippen molar-refractivity contribution in [2.45, 2.75) is 39.7 Å². The Morgan fingerprint density at radius 3 is 2.20 bits per heavy atom. The fourth-order valence-corrected chi connectivity index (χ4v) is 2.04. The Labute approximate surface area is 63.8 Å². The van der Waals surface area contributed by atoms with Crippen molar-refractivity contribution in [2.24, 2.45) is 11.8 Å². The summed E-state index contributed by atoms with van der Waals surface area (Å²) in [5.74, 6) is 1.52. The fourth-order valence-electron chi connectivity index (χ4n) is 2.04. The summed E-state index contributed by atoms with van der Waals surface area (Å²) < 4.78 is 5.61. The lowest BCUT2D eigenvalue weighted by molar-refractivity contribution is 0.000153. The SMILES string of the molecule is CC(C)C1CCOC1(C)C. The van der Waals surface area contributed by atoms with Crippen molar-refractivity contribution in [3.05, 3.63) is 0 Å². The van der Waals surface area contributed by atoms with Gasteiger partial charge >= 0.3 is 0 Å². The zero-order chi connectivity index (χ0) is 7.78. The number of rotatable bonds is 1. The summed E-state index contributed by atoms with van der Waals surface area (Å²) in [6.45, 7) is 9.91. The average Bonchev–Trinajstić information content (AvgIpc) is 2.08. The lowest BCUT2D eigenvalue weighted by atomic mass is 9.82. The summed E-state index contributed by atoms with van der Waals surface area (Å²) in [4.78, 5) is 0. The van der Waals surface area contributed by atoms with Gasteiger partial charge in [-0.1, -0.05) is 13.8 Å². The molecule has 1 nitrogen and oxygen atoms in total. The predicted octanol–water partition coefficient (Wildman–Crippen LogP) is 2.46. The molecule has 1 rings (SSSR count). The van der Waals surface area contributed by atoms with Gasteiger partial charge in [0.1, 0.15) is 0 Å². The topological polar surface area (TPSA) is 9.23 Å². The lowest BCUT2D eigenvalue weighted by Gasteiger charge is -2.28. The molecule has 60 valence electrons. The third-order valence-corrected chi connectivity index (χ3v) is 2.60. The van der Waals surface area contributed by atoms with Crippen LogP contribution >= 0.6 is 0 Å². The molecule has 1 aliphatic heterocycles. The van der Waals surface area contributed by atoms with Gasteiger partial charge in [-0.3, -0.25) is 0 Å². The van der Waals surface area contributed by atoms with Crippen LogP contribution in [-0.4, -0.2) is 12.2 Å². The van der Waals surface area contributed by atoms with E-state index in [1.54, 1.807) is 0 Å². The van der Waals surface area contributed by atoms with Crippen molar-refractivity contribution in [1.29, 1.82) is 0 Å². The van der Waals surface area contributed by atoms with Crippen molar-refractivity contribution in [2.75, 3.05) is 6.61 Å². The molecule has 0 aliphatic carbocycles. The van der Waals surface area contributed by atoms with Gasteiger partial charge in [-0.15, -0.1) is 0 Å². The maximum absolute atomic E-state index is 5.61. The first kappa shape index (κ1) is 8.06. The van der Waals surface area contributed by atoms with Gasteiger partial charge in [0.05, 0.1) is 5.60 Å². The van der Waals surface area contributed by atoms with Crippen LogP contribution in [0.2, 0.25) is 0 Å². The van der Waals surface area contributed by atoms with E-state index in [1.165, 1.54) is 6.42 Å². The Hall–Kier alpha value is -0.0400. The lowest BCUT2D eigenvalue weighted by Crippen LogP contribution is -2.30. The second kappa shape index (κ2) is 2.54. The Bertz CT molecular complexity index is 116. The highest BCUT2D eigenvalue weighted by Gasteiger charge is 2.37. The van der Waals surface area contributed by atoms with Crippen LogP contribution in [0.5, 0.6) is 0 Å². The van der Waals surface area contributed by atoms with Crippen molar-refractivity contribution in [1.82, 2.24) is 0 Å². The molecule has 1 atom stereocenters. The predicted molar refractivity (Wildman–Crippen MR) is 43.0 cm³/mol. The third kappa shape index (κ3) is 1.34. The molecule has 0 aromatic heterocycles. The zero-order valence-electron chi connectivity index (χ0n) is 7.48. The van der Waals surface area contributed by atoms with Crippen LogP contribution in [-0.2, 0) is 4.74 Å². The minimum atomic E-state index is 0.133. The highest BCUT2D eigenvalue weighted by atomic mass is 16.5. The van der Waals surface area contributed by atoms with E-state index in [1.807, 2.05) is 0 Å². The second-order valence-corrected chi connectivity index (χ2v) is 4.09. The van der Waals surface area contributed by atoms with Gasteiger partial charge in [-0.05, 0) is 32.1 Å². The maximum Gasteiger partial charge on any atom is 0.0657 e. The molecule has 1 saturated heterocycles. The van der Waals surface area contributed by atoms with E-state index in [-0.39, 0.29) is 5.60 Å². The minimum Gasteiger partial charge on any atom is -0.375 e. The molecule has 10 heavy (non-hydrogen) atoms. The first-order valence-electron chi connectivity index (χ1n) is 4.18. The van der Waals surface area contributed by atoms with E-state index < -0.39 is 0 Å². The van der Waals surface area contributed by atoms with Crippen molar-refractivity contribution < 1.29 is 4.74 Å². The fraction of sp³-hybridized carbons (Fsp3) is 1.00. The van der Waals surface area contributed by atoms with Gasteiger partial charge in [0.25, 0.3) is 0 Å². The molecule has 0 amide bonds. The van der Waals surface area contributed by atoms with Gasteiger partial charge in [-0.25, -0.2) is 0 Å². The molecule has 0 spiro atoms. The first-order chi connectivity index (χ1) is 4.54. The van der Waals surface area contributed by atoms with E-state index >= 15 is 0 Å². The molecule has 0 radical (unpaired) electrons. The molecule has 0 aromatic carbocycles. The highest BCUT2D eigenvalue weighted by molar-refractivity contribution is 4.86. The van der Waals surface area contributed by atoms with E-state index in [0.717, 1.165) is 18.4 Å². The summed E-state index contributed by atoms with van der Waals surface area (Å²) in [5, 5.41) is 0. The first-order valence-corrected chi connectivity index (χ1v) is 4.18. The molecular formula is C9H18O. The highest BCUT2D eigenvalue weighted by Crippen LogP contribution is 2.36. The second-order valence-electron chi connectivity index (χ2n) is 4.09. The number of hydrogen-bond acceptors (Lipinski definition) is 1. The molecular weight excluding hydrogens is 124 g/mol. The zero-order valence-corrected chi connectivity index (χ0v) is 7.48. The summed E-state index contributed by atoms with van der Waals surface area (Å²) in [7, 11) is 0. The Morgan fingerprint density at radius 1 is 1.40 bits per heavy atom. The number of ether oxygens (including phenoxy) is 1. The molecule has 0 aromatic rings. The van der Waals surface area contributed by atoms with Crippen molar-refractivity contribution in [3.63, 3.8) is 0 Å². The van der Waals surface area contributed by atoms with Crippen molar-refractivity contribution in [3.8, 4) is 0 Å². The van der Waals surface area contributed by atoms with Gasteiger partial charge in [-0.2, -0.15) is 0 Å². The van der Waals surface area contributed by atoms with Gasteiger partial charge in [0.15, 0.2) is 0 Å². The normalized spacial score (nSPS) is 31.5. The molecule has 1 aliphatic rings. The molecule has 1 unspecified atom stereocenters. The monoisotopic (exact) mass is 142 g/mol. The van der Waals surface area contributed by atoms with E-state index in [0.29, 0.717) is 0 Å².